The van der Waals surface area contributed by atoms with E-state index in [9.17, 15) is 9.59 Å². The Hall–Kier alpha value is -2.10. The van der Waals surface area contributed by atoms with E-state index in [4.69, 9.17) is 9.47 Å². The van der Waals surface area contributed by atoms with Crippen molar-refractivity contribution in [2.45, 2.75) is 0 Å². The van der Waals surface area contributed by atoms with Gasteiger partial charge in [-0.05, 0) is 24.3 Å². The highest BCUT2D eigenvalue weighted by atomic mass is 16.5. The van der Waals surface area contributed by atoms with E-state index in [0.29, 0.717) is 35.2 Å². The second-order valence-electron chi connectivity index (χ2n) is 2.95. The fourth-order valence-electron chi connectivity index (χ4n) is 1.31. The van der Waals surface area contributed by atoms with Crippen molar-refractivity contribution >= 4 is 18.6 Å². The Balaban J connectivity index is 3.30. The monoisotopic (exact) mass is 220 g/mol. The van der Waals surface area contributed by atoms with Crippen molar-refractivity contribution in [2.24, 2.45) is 0 Å². The Morgan fingerprint density at radius 3 is 2.06 bits per heavy atom. The van der Waals surface area contributed by atoms with E-state index in [2.05, 4.69) is 0 Å². The van der Waals surface area contributed by atoms with Crippen LogP contribution in [0.3, 0.4) is 0 Å². The van der Waals surface area contributed by atoms with Crippen molar-refractivity contribution in [3.8, 4) is 11.5 Å². The molecule has 0 bridgehead atoms. The molecule has 4 heteroatoms. The van der Waals surface area contributed by atoms with E-state index in [-0.39, 0.29) is 0 Å². The molecule has 0 heterocycles. The number of carbonyl (C=O) groups is 2. The Morgan fingerprint density at radius 1 is 1.00 bits per heavy atom. The third-order valence-corrected chi connectivity index (χ3v) is 2.06. The highest BCUT2D eigenvalue weighted by Crippen LogP contribution is 2.28. The molecule has 84 valence electrons. The van der Waals surface area contributed by atoms with E-state index in [1.54, 1.807) is 18.2 Å². The Kier molecular flexibility index (Phi) is 4.27. The summed E-state index contributed by atoms with van der Waals surface area (Å²) in [4.78, 5) is 21.0. The minimum absolute atomic E-state index is 0.405. The first-order chi connectivity index (χ1) is 7.76. The second kappa shape index (κ2) is 5.70. The van der Waals surface area contributed by atoms with Gasteiger partial charge in [-0.3, -0.25) is 9.59 Å². The zero-order chi connectivity index (χ0) is 12.0. The standard InChI is InChI=1S/C12H12O4/c1-15-11-7-10(8-14)12(16-2)6-9(11)4-3-5-13/h3-8H,1-2H3. The van der Waals surface area contributed by atoms with Crippen LogP contribution >= 0.6 is 0 Å². The quantitative estimate of drug-likeness (QED) is 0.560. The minimum Gasteiger partial charge on any atom is -0.496 e. The molecule has 1 aromatic carbocycles. The molecular weight excluding hydrogens is 208 g/mol. The smallest absolute Gasteiger partial charge is 0.153 e. The lowest BCUT2D eigenvalue weighted by Gasteiger charge is -2.09. The van der Waals surface area contributed by atoms with E-state index in [1.165, 1.54) is 20.3 Å². The maximum absolute atomic E-state index is 10.8. The summed E-state index contributed by atoms with van der Waals surface area (Å²) in [7, 11) is 2.97. The second-order valence-corrected chi connectivity index (χ2v) is 2.95. The van der Waals surface area contributed by atoms with Crippen molar-refractivity contribution in [2.75, 3.05) is 14.2 Å². The van der Waals surface area contributed by atoms with Crippen molar-refractivity contribution in [3.05, 3.63) is 29.3 Å². The molecule has 0 N–H and O–H groups in total. The van der Waals surface area contributed by atoms with Gasteiger partial charge in [-0.2, -0.15) is 0 Å². The van der Waals surface area contributed by atoms with Gasteiger partial charge in [0.05, 0.1) is 19.8 Å². The van der Waals surface area contributed by atoms with Gasteiger partial charge in [-0.25, -0.2) is 0 Å². The van der Waals surface area contributed by atoms with Crippen LogP contribution in [0.15, 0.2) is 18.2 Å². The fraction of sp³-hybridized carbons (Fsp3) is 0.167. The Bertz CT molecular complexity index is 421. The third kappa shape index (κ3) is 2.48. The number of carbonyl (C=O) groups excluding carboxylic acids is 2. The lowest BCUT2D eigenvalue weighted by Crippen LogP contribution is -1.95. The minimum atomic E-state index is 0.405. The molecule has 0 aromatic heterocycles. The zero-order valence-electron chi connectivity index (χ0n) is 9.10. The average Bonchev–Trinajstić information content (AvgIpc) is 2.35. The van der Waals surface area contributed by atoms with E-state index in [1.807, 2.05) is 0 Å². The number of benzene rings is 1. The number of hydrogen-bond acceptors (Lipinski definition) is 4. The first-order valence-corrected chi connectivity index (χ1v) is 4.59. The summed E-state index contributed by atoms with van der Waals surface area (Å²) in [5, 5.41) is 0. The molecule has 0 atom stereocenters. The molecule has 4 nitrogen and oxygen atoms in total. The third-order valence-electron chi connectivity index (χ3n) is 2.06. The van der Waals surface area contributed by atoms with Gasteiger partial charge in [0, 0.05) is 5.56 Å². The SMILES string of the molecule is COc1cc(C=CC=O)c(OC)cc1C=O. The molecule has 0 fully saturated rings. The predicted octanol–water partition coefficient (Wildman–Crippen LogP) is 1.73. The van der Waals surface area contributed by atoms with Crippen LogP contribution in [-0.4, -0.2) is 26.8 Å². The highest BCUT2D eigenvalue weighted by molar-refractivity contribution is 5.83. The number of methoxy groups -OCH3 is 2. The van der Waals surface area contributed by atoms with Crippen molar-refractivity contribution < 1.29 is 19.1 Å². The molecule has 0 aliphatic rings. The summed E-state index contributed by atoms with van der Waals surface area (Å²) in [6, 6.07) is 3.21. The maximum Gasteiger partial charge on any atom is 0.153 e. The first kappa shape index (κ1) is 12.0. The number of hydrogen-bond donors (Lipinski definition) is 0. The van der Waals surface area contributed by atoms with Gasteiger partial charge in [0.15, 0.2) is 6.29 Å². The largest absolute Gasteiger partial charge is 0.496 e. The van der Waals surface area contributed by atoms with E-state index >= 15 is 0 Å². The van der Waals surface area contributed by atoms with Crippen LogP contribution in [0.5, 0.6) is 11.5 Å². The van der Waals surface area contributed by atoms with Crippen molar-refractivity contribution in [1.82, 2.24) is 0 Å². The summed E-state index contributed by atoms with van der Waals surface area (Å²) in [6.45, 7) is 0. The van der Waals surface area contributed by atoms with Crippen LogP contribution in [0.4, 0.5) is 0 Å². The van der Waals surface area contributed by atoms with E-state index < -0.39 is 0 Å². The number of aldehydes is 2. The van der Waals surface area contributed by atoms with E-state index in [0.717, 1.165) is 0 Å². The first-order valence-electron chi connectivity index (χ1n) is 4.59. The van der Waals surface area contributed by atoms with Gasteiger partial charge in [0.1, 0.15) is 17.8 Å². The molecule has 1 aromatic rings. The molecular formula is C12H12O4. The molecule has 1 rings (SSSR count). The molecule has 0 amide bonds. The molecule has 0 saturated heterocycles. The Morgan fingerprint density at radius 2 is 1.56 bits per heavy atom. The lowest BCUT2D eigenvalue weighted by atomic mass is 10.1. The number of allylic oxidation sites excluding steroid dienone is 1. The molecule has 16 heavy (non-hydrogen) atoms. The van der Waals surface area contributed by atoms with Crippen LogP contribution in [0.25, 0.3) is 6.08 Å². The summed E-state index contributed by atoms with van der Waals surface area (Å²) in [5.41, 5.74) is 1.08. The summed E-state index contributed by atoms with van der Waals surface area (Å²) in [5.74, 6) is 0.961. The molecule has 0 spiro atoms. The molecule has 0 unspecified atom stereocenters. The van der Waals surface area contributed by atoms with Crippen molar-refractivity contribution in [3.63, 3.8) is 0 Å². The van der Waals surface area contributed by atoms with Gasteiger partial charge in [-0.15, -0.1) is 0 Å². The lowest BCUT2D eigenvalue weighted by molar-refractivity contribution is -0.104. The molecule has 0 aliphatic carbocycles. The van der Waals surface area contributed by atoms with Crippen LogP contribution in [0, 0.1) is 0 Å². The molecule has 0 radical (unpaired) electrons. The normalized spacial score (nSPS) is 10.1. The number of rotatable bonds is 5. The van der Waals surface area contributed by atoms with Crippen LogP contribution in [-0.2, 0) is 4.79 Å². The van der Waals surface area contributed by atoms with Gasteiger partial charge in [-0.1, -0.05) is 0 Å². The van der Waals surface area contributed by atoms with Gasteiger partial charge in [0.2, 0.25) is 0 Å². The molecule has 0 aliphatic heterocycles. The van der Waals surface area contributed by atoms with Crippen molar-refractivity contribution in [1.29, 1.82) is 0 Å². The summed E-state index contributed by atoms with van der Waals surface area (Å²) < 4.78 is 10.2. The maximum atomic E-state index is 10.8. The summed E-state index contributed by atoms with van der Waals surface area (Å²) >= 11 is 0. The van der Waals surface area contributed by atoms with Gasteiger partial charge < -0.3 is 9.47 Å². The molecule has 0 saturated carbocycles. The fourth-order valence-corrected chi connectivity index (χ4v) is 1.31. The Labute approximate surface area is 93.5 Å². The topological polar surface area (TPSA) is 52.6 Å². The van der Waals surface area contributed by atoms with Crippen LogP contribution in [0.2, 0.25) is 0 Å². The summed E-state index contributed by atoms with van der Waals surface area (Å²) in [6.07, 6.45) is 4.29. The highest BCUT2D eigenvalue weighted by Gasteiger charge is 2.08. The van der Waals surface area contributed by atoms with Gasteiger partial charge in [0.25, 0.3) is 0 Å². The predicted molar refractivity (Wildman–Crippen MR) is 60.0 cm³/mol. The van der Waals surface area contributed by atoms with Crippen LogP contribution < -0.4 is 9.47 Å². The number of ether oxygens (including phenoxy) is 2. The average molecular weight is 220 g/mol. The van der Waals surface area contributed by atoms with Crippen LogP contribution in [0.1, 0.15) is 15.9 Å². The zero-order valence-corrected chi connectivity index (χ0v) is 9.10. The van der Waals surface area contributed by atoms with Gasteiger partial charge >= 0.3 is 0 Å².